The molecule has 0 saturated heterocycles. The highest BCUT2D eigenvalue weighted by molar-refractivity contribution is 5.92. The molecule has 2 aromatic heterocycles. The molecular formula is C23H21FN2O3. The minimum atomic E-state index is -0.223. The van der Waals surface area contributed by atoms with E-state index in [0.29, 0.717) is 36.1 Å². The van der Waals surface area contributed by atoms with Gasteiger partial charge in [-0.05, 0) is 60.9 Å². The predicted octanol–water partition coefficient (Wildman–Crippen LogP) is 3.60. The number of halogens is 1. The zero-order chi connectivity index (χ0) is 20.3. The van der Waals surface area contributed by atoms with Crippen LogP contribution in [0.1, 0.15) is 46.7 Å². The Kier molecular flexibility index (Phi) is 4.05. The molecule has 1 aliphatic carbocycles. The Bertz CT molecular complexity index is 1260. The van der Waals surface area contributed by atoms with Gasteiger partial charge in [-0.15, -0.1) is 0 Å². The van der Waals surface area contributed by atoms with Crippen LogP contribution >= 0.6 is 0 Å². The van der Waals surface area contributed by atoms with E-state index in [1.165, 1.54) is 11.6 Å². The first-order valence-electron chi connectivity index (χ1n) is 9.99. The van der Waals surface area contributed by atoms with E-state index in [-0.39, 0.29) is 18.0 Å². The van der Waals surface area contributed by atoms with Crippen molar-refractivity contribution in [3.8, 4) is 11.4 Å². The van der Waals surface area contributed by atoms with Crippen LogP contribution in [0, 0.1) is 12.7 Å². The molecule has 0 spiro atoms. The van der Waals surface area contributed by atoms with Crippen molar-refractivity contribution >= 4 is 17.4 Å². The number of ether oxygens (including phenoxy) is 1. The molecular weight excluding hydrogens is 371 g/mol. The van der Waals surface area contributed by atoms with E-state index < -0.39 is 0 Å². The number of aryl methyl sites for hydroxylation is 3. The number of nitrogens with zero attached hydrogens (tertiary/aromatic N) is 2. The molecule has 5 nitrogen and oxygen atoms in total. The maximum atomic E-state index is 14.5. The van der Waals surface area contributed by atoms with E-state index in [2.05, 4.69) is 0 Å². The lowest BCUT2D eigenvalue weighted by Crippen LogP contribution is -2.25. The summed E-state index contributed by atoms with van der Waals surface area (Å²) in [6, 6.07) is 3.49. The van der Waals surface area contributed by atoms with Crippen molar-refractivity contribution in [2.24, 2.45) is 0 Å². The Balaban J connectivity index is 1.80. The van der Waals surface area contributed by atoms with Crippen LogP contribution < -0.4 is 5.56 Å². The van der Waals surface area contributed by atoms with Gasteiger partial charge in [0.25, 0.3) is 12.0 Å². The molecule has 0 unspecified atom stereocenters. The summed E-state index contributed by atoms with van der Waals surface area (Å²) in [5, 5.41) is 1.06. The first-order chi connectivity index (χ1) is 14.0. The monoisotopic (exact) mass is 392 g/mol. The minimum Gasteiger partial charge on any atom is -0.463 e. The van der Waals surface area contributed by atoms with Gasteiger partial charge in [0.15, 0.2) is 0 Å². The lowest BCUT2D eigenvalue weighted by Gasteiger charge is -2.21. The van der Waals surface area contributed by atoms with Crippen molar-refractivity contribution in [1.82, 2.24) is 9.55 Å². The van der Waals surface area contributed by atoms with Gasteiger partial charge in [0, 0.05) is 17.0 Å². The number of carbonyl (C=O) groups excluding carboxylic acids is 1. The van der Waals surface area contributed by atoms with Crippen LogP contribution in [0.2, 0.25) is 0 Å². The molecule has 2 aliphatic rings. The molecule has 0 fully saturated rings. The van der Waals surface area contributed by atoms with E-state index in [0.717, 1.165) is 52.7 Å². The summed E-state index contributed by atoms with van der Waals surface area (Å²) in [6.07, 6.45) is 3.37. The number of carbonyl (C=O) groups is 1. The second-order valence-corrected chi connectivity index (χ2v) is 7.81. The van der Waals surface area contributed by atoms with Crippen LogP contribution in [0.15, 0.2) is 16.9 Å². The highest BCUT2D eigenvalue weighted by Gasteiger charge is 2.30. The summed E-state index contributed by atoms with van der Waals surface area (Å²) in [6.45, 7) is 4.59. The Labute approximate surface area is 167 Å². The first kappa shape index (κ1) is 18.0. The van der Waals surface area contributed by atoms with Gasteiger partial charge in [-0.25, -0.2) is 9.37 Å². The highest BCUT2D eigenvalue weighted by Crippen LogP contribution is 2.41. The van der Waals surface area contributed by atoms with E-state index in [1.54, 1.807) is 4.57 Å². The van der Waals surface area contributed by atoms with Gasteiger partial charge in [-0.2, -0.15) is 0 Å². The smallest absolute Gasteiger partial charge is 0.293 e. The Hall–Kier alpha value is -3.02. The van der Waals surface area contributed by atoms with Gasteiger partial charge in [0.1, 0.15) is 12.4 Å². The lowest BCUT2D eigenvalue weighted by molar-refractivity contribution is -0.129. The predicted molar refractivity (Wildman–Crippen MR) is 107 cm³/mol. The minimum absolute atomic E-state index is 0.0288. The molecule has 5 rings (SSSR count). The van der Waals surface area contributed by atoms with Crippen LogP contribution in [0.3, 0.4) is 0 Å². The fourth-order valence-corrected chi connectivity index (χ4v) is 4.94. The Morgan fingerprint density at radius 1 is 1.24 bits per heavy atom. The maximum Gasteiger partial charge on any atom is 0.293 e. The number of hydrogen-bond donors (Lipinski definition) is 0. The quantitative estimate of drug-likeness (QED) is 0.498. The normalized spacial score (nSPS) is 14.0. The van der Waals surface area contributed by atoms with Crippen LogP contribution in [-0.4, -0.2) is 16.0 Å². The second kappa shape index (κ2) is 6.51. The Morgan fingerprint density at radius 2 is 2.03 bits per heavy atom. The third-order valence-corrected chi connectivity index (χ3v) is 6.40. The van der Waals surface area contributed by atoms with E-state index in [1.807, 2.05) is 19.9 Å². The van der Waals surface area contributed by atoms with Crippen molar-refractivity contribution in [2.45, 2.75) is 52.7 Å². The van der Waals surface area contributed by atoms with Crippen LogP contribution in [0.4, 0.5) is 4.39 Å². The third kappa shape index (κ3) is 2.48. The summed E-state index contributed by atoms with van der Waals surface area (Å²) in [5.41, 5.74) is 7.44. The van der Waals surface area contributed by atoms with Crippen molar-refractivity contribution < 1.29 is 13.9 Å². The van der Waals surface area contributed by atoms with Crippen molar-refractivity contribution in [3.05, 3.63) is 61.7 Å². The van der Waals surface area contributed by atoms with E-state index in [9.17, 15) is 14.0 Å². The summed E-state index contributed by atoms with van der Waals surface area (Å²) in [7, 11) is 0. The van der Waals surface area contributed by atoms with Crippen molar-refractivity contribution in [3.63, 3.8) is 0 Å². The molecule has 1 aromatic carbocycles. The average molecular weight is 392 g/mol. The summed E-state index contributed by atoms with van der Waals surface area (Å²) >= 11 is 0. The summed E-state index contributed by atoms with van der Waals surface area (Å²) < 4.78 is 21.1. The van der Waals surface area contributed by atoms with Crippen LogP contribution in [0.5, 0.6) is 0 Å². The highest BCUT2D eigenvalue weighted by atomic mass is 19.1. The number of pyridine rings is 2. The molecule has 0 amide bonds. The molecule has 29 heavy (non-hydrogen) atoms. The molecule has 0 saturated carbocycles. The molecule has 0 bridgehead atoms. The average Bonchev–Trinajstić information content (AvgIpc) is 3.10. The molecule has 0 N–H and O–H groups in total. The van der Waals surface area contributed by atoms with Crippen molar-refractivity contribution in [1.29, 1.82) is 0 Å². The van der Waals surface area contributed by atoms with Gasteiger partial charge in [-0.3, -0.25) is 9.59 Å². The topological polar surface area (TPSA) is 61.2 Å². The molecule has 3 heterocycles. The van der Waals surface area contributed by atoms with Gasteiger partial charge >= 0.3 is 0 Å². The van der Waals surface area contributed by atoms with E-state index >= 15 is 0 Å². The van der Waals surface area contributed by atoms with Gasteiger partial charge in [0.2, 0.25) is 0 Å². The molecule has 0 atom stereocenters. The van der Waals surface area contributed by atoms with Crippen molar-refractivity contribution in [2.75, 3.05) is 0 Å². The standard InChI is InChI=1S/C23H21FN2O3/c1-3-13-7-20-22-16(9-26(20)23(28)17(13)10-29-11-27)15-6-4-5-14-12(2)18(24)8-19(25-22)21(14)15/h7-8,11H,3-6,9-10H2,1-2H3. The molecule has 3 aromatic rings. The molecule has 1 aliphatic heterocycles. The molecule has 0 radical (unpaired) electrons. The largest absolute Gasteiger partial charge is 0.463 e. The van der Waals surface area contributed by atoms with Gasteiger partial charge < -0.3 is 9.30 Å². The fraction of sp³-hybridized carbons (Fsp3) is 0.348. The zero-order valence-corrected chi connectivity index (χ0v) is 16.5. The summed E-state index contributed by atoms with van der Waals surface area (Å²) in [4.78, 5) is 28.6. The number of fused-ring (bicyclic) bond motifs is 4. The number of rotatable bonds is 4. The third-order valence-electron chi connectivity index (χ3n) is 6.40. The SMILES string of the molecule is CCc1cc2n(c(=O)c1COC=O)Cc1c-2nc2cc(F)c(C)c3c2c1CCC3. The second-order valence-electron chi connectivity index (χ2n) is 7.81. The first-order valence-corrected chi connectivity index (χ1v) is 9.99. The maximum absolute atomic E-state index is 14.5. The Morgan fingerprint density at radius 3 is 2.79 bits per heavy atom. The fourth-order valence-electron chi connectivity index (χ4n) is 4.94. The van der Waals surface area contributed by atoms with Crippen LogP contribution in [-0.2, 0) is 41.9 Å². The van der Waals surface area contributed by atoms with Gasteiger partial charge in [0.05, 0.1) is 29.0 Å². The summed E-state index contributed by atoms with van der Waals surface area (Å²) in [5.74, 6) is -0.223. The van der Waals surface area contributed by atoms with Crippen LogP contribution in [0.25, 0.3) is 22.3 Å². The van der Waals surface area contributed by atoms with Gasteiger partial charge in [-0.1, -0.05) is 6.92 Å². The zero-order valence-electron chi connectivity index (χ0n) is 16.5. The number of hydrogen-bond acceptors (Lipinski definition) is 4. The number of benzene rings is 1. The lowest BCUT2D eigenvalue weighted by atomic mass is 9.85. The molecule has 148 valence electrons. The van der Waals surface area contributed by atoms with E-state index in [4.69, 9.17) is 9.72 Å². The number of aromatic nitrogens is 2. The molecule has 6 heteroatoms.